The molecule has 2 rings (SSSR count). The van der Waals surface area contributed by atoms with Crippen molar-refractivity contribution in [3.8, 4) is 5.75 Å². The predicted molar refractivity (Wildman–Crippen MR) is 95.5 cm³/mol. The minimum atomic E-state index is -0.181. The Morgan fingerprint density at radius 3 is 2.71 bits per heavy atom. The number of carbonyl (C=O) groups is 1. The van der Waals surface area contributed by atoms with Crippen molar-refractivity contribution < 1.29 is 14.6 Å². The third-order valence-corrected chi connectivity index (χ3v) is 3.72. The van der Waals surface area contributed by atoms with Crippen LogP contribution in [0.5, 0.6) is 5.75 Å². The van der Waals surface area contributed by atoms with Crippen LogP contribution in [0.25, 0.3) is 0 Å². The zero-order valence-corrected chi connectivity index (χ0v) is 14.1. The number of anilines is 1. The van der Waals surface area contributed by atoms with Crippen LogP contribution < -0.4 is 15.4 Å². The molecule has 0 bridgehead atoms. The van der Waals surface area contributed by atoms with Gasteiger partial charge in [-0.05, 0) is 37.6 Å². The van der Waals surface area contributed by atoms with E-state index < -0.39 is 0 Å². The Morgan fingerprint density at radius 1 is 1.17 bits per heavy atom. The van der Waals surface area contributed by atoms with E-state index in [9.17, 15) is 4.79 Å². The van der Waals surface area contributed by atoms with E-state index in [1.807, 2.05) is 50.2 Å². The Balaban J connectivity index is 2.12. The smallest absolute Gasteiger partial charge is 0.251 e. The van der Waals surface area contributed by atoms with Gasteiger partial charge < -0.3 is 20.5 Å². The maximum absolute atomic E-state index is 12.1. The summed E-state index contributed by atoms with van der Waals surface area (Å²) in [6.45, 7) is 5.28. The topological polar surface area (TPSA) is 70.6 Å². The Labute approximate surface area is 142 Å². The number of benzene rings is 2. The molecule has 0 aliphatic carbocycles. The van der Waals surface area contributed by atoms with Crippen LogP contribution in [-0.4, -0.2) is 30.8 Å². The molecule has 0 saturated carbocycles. The van der Waals surface area contributed by atoms with Gasteiger partial charge in [0.15, 0.2) is 0 Å². The van der Waals surface area contributed by atoms with E-state index in [1.165, 1.54) is 0 Å². The third kappa shape index (κ3) is 4.49. The molecule has 128 valence electrons. The van der Waals surface area contributed by atoms with Gasteiger partial charge in [-0.1, -0.05) is 24.3 Å². The molecule has 0 radical (unpaired) electrons. The highest BCUT2D eigenvalue weighted by atomic mass is 16.5. The molecule has 5 nitrogen and oxygen atoms in total. The summed E-state index contributed by atoms with van der Waals surface area (Å²) in [5, 5.41) is 14.9. The molecule has 0 fully saturated rings. The molecule has 0 aliphatic heterocycles. The van der Waals surface area contributed by atoms with E-state index in [-0.39, 0.29) is 19.1 Å². The third-order valence-electron chi connectivity index (χ3n) is 3.72. The molecule has 0 atom stereocenters. The Hall–Kier alpha value is -2.53. The van der Waals surface area contributed by atoms with Gasteiger partial charge in [0.1, 0.15) is 5.75 Å². The van der Waals surface area contributed by atoms with Crippen LogP contribution in [0, 0.1) is 6.92 Å². The van der Waals surface area contributed by atoms with E-state index in [4.69, 9.17) is 9.84 Å². The monoisotopic (exact) mass is 328 g/mol. The maximum Gasteiger partial charge on any atom is 0.251 e. The summed E-state index contributed by atoms with van der Waals surface area (Å²) in [5.41, 5.74) is 3.44. The fourth-order valence-electron chi connectivity index (χ4n) is 2.47. The zero-order chi connectivity index (χ0) is 17.4. The summed E-state index contributed by atoms with van der Waals surface area (Å²) >= 11 is 0. The molecular weight excluding hydrogens is 304 g/mol. The molecular formula is C19H24N2O3. The lowest BCUT2D eigenvalue weighted by Crippen LogP contribution is -2.27. The highest BCUT2D eigenvalue weighted by molar-refractivity contribution is 5.97. The first-order valence-electron chi connectivity index (χ1n) is 8.10. The number of aliphatic hydroxyl groups is 1. The quantitative estimate of drug-likeness (QED) is 0.697. The van der Waals surface area contributed by atoms with E-state index in [2.05, 4.69) is 10.6 Å². The number of rotatable bonds is 8. The van der Waals surface area contributed by atoms with Crippen LogP contribution in [-0.2, 0) is 6.54 Å². The van der Waals surface area contributed by atoms with Crippen LogP contribution in [0.2, 0.25) is 0 Å². The zero-order valence-electron chi connectivity index (χ0n) is 14.1. The van der Waals surface area contributed by atoms with Crippen molar-refractivity contribution in [2.24, 2.45) is 0 Å². The molecule has 2 aromatic carbocycles. The number of carbonyl (C=O) groups excluding carboxylic acids is 1. The lowest BCUT2D eigenvalue weighted by molar-refractivity contribution is 0.0944. The van der Waals surface area contributed by atoms with Crippen LogP contribution >= 0.6 is 0 Å². The highest BCUT2D eigenvalue weighted by Crippen LogP contribution is 2.23. The van der Waals surface area contributed by atoms with Crippen molar-refractivity contribution in [1.29, 1.82) is 0 Å². The van der Waals surface area contributed by atoms with Gasteiger partial charge in [-0.3, -0.25) is 4.79 Å². The molecule has 0 aromatic heterocycles. The number of aliphatic hydroxyl groups excluding tert-OH is 1. The molecule has 3 N–H and O–H groups in total. The van der Waals surface area contributed by atoms with Crippen molar-refractivity contribution in [2.45, 2.75) is 20.4 Å². The van der Waals surface area contributed by atoms with Gasteiger partial charge in [-0.2, -0.15) is 0 Å². The first-order chi connectivity index (χ1) is 11.7. The second-order valence-corrected chi connectivity index (χ2v) is 5.35. The summed E-state index contributed by atoms with van der Waals surface area (Å²) in [6, 6.07) is 13.5. The Kier molecular flexibility index (Phi) is 6.63. The molecule has 5 heteroatoms. The standard InChI is InChI=1S/C19H24N2O3/c1-3-24-18-10-5-4-7-15(18)13-21-17-9-6-8-16(14(17)2)19(23)20-11-12-22/h4-10,21-22H,3,11-13H2,1-2H3,(H,20,23). The van der Waals surface area contributed by atoms with Crippen molar-refractivity contribution in [1.82, 2.24) is 5.32 Å². The van der Waals surface area contributed by atoms with E-state index >= 15 is 0 Å². The van der Waals surface area contributed by atoms with Crippen LogP contribution in [0.4, 0.5) is 5.69 Å². The fourth-order valence-corrected chi connectivity index (χ4v) is 2.47. The van der Waals surface area contributed by atoms with Gasteiger partial charge in [0, 0.05) is 29.9 Å². The molecule has 0 heterocycles. The number of para-hydroxylation sites is 1. The van der Waals surface area contributed by atoms with Gasteiger partial charge in [0.25, 0.3) is 5.91 Å². The van der Waals surface area contributed by atoms with Gasteiger partial charge >= 0.3 is 0 Å². The second-order valence-electron chi connectivity index (χ2n) is 5.35. The average Bonchev–Trinajstić information content (AvgIpc) is 2.60. The van der Waals surface area contributed by atoms with Crippen molar-refractivity contribution in [3.63, 3.8) is 0 Å². The number of ether oxygens (including phenoxy) is 1. The normalized spacial score (nSPS) is 10.3. The highest BCUT2D eigenvalue weighted by Gasteiger charge is 2.11. The second kappa shape index (κ2) is 8.93. The number of amides is 1. The molecule has 2 aromatic rings. The first kappa shape index (κ1) is 17.8. The molecule has 0 unspecified atom stereocenters. The predicted octanol–water partition coefficient (Wildman–Crippen LogP) is 2.73. The van der Waals surface area contributed by atoms with Gasteiger partial charge in [0.05, 0.1) is 13.2 Å². The summed E-state index contributed by atoms with van der Waals surface area (Å²) in [5.74, 6) is 0.682. The minimum Gasteiger partial charge on any atom is -0.494 e. The molecule has 24 heavy (non-hydrogen) atoms. The molecule has 0 spiro atoms. The van der Waals surface area contributed by atoms with Crippen LogP contribution in [0.1, 0.15) is 28.4 Å². The Bertz CT molecular complexity index is 686. The SMILES string of the molecule is CCOc1ccccc1CNc1cccc(C(=O)NCCO)c1C. The van der Waals surface area contributed by atoms with Crippen molar-refractivity contribution in [2.75, 3.05) is 25.1 Å². The van der Waals surface area contributed by atoms with Gasteiger partial charge in [-0.15, -0.1) is 0 Å². The Morgan fingerprint density at radius 2 is 1.96 bits per heavy atom. The number of hydrogen-bond donors (Lipinski definition) is 3. The van der Waals surface area contributed by atoms with Crippen LogP contribution in [0.3, 0.4) is 0 Å². The molecule has 1 amide bonds. The lowest BCUT2D eigenvalue weighted by atomic mass is 10.1. The molecule has 0 aliphatic rings. The fraction of sp³-hybridized carbons (Fsp3) is 0.316. The lowest BCUT2D eigenvalue weighted by Gasteiger charge is -2.15. The summed E-state index contributed by atoms with van der Waals surface area (Å²) in [4.78, 5) is 12.1. The number of hydrogen-bond acceptors (Lipinski definition) is 4. The van der Waals surface area contributed by atoms with E-state index in [0.717, 1.165) is 22.6 Å². The maximum atomic E-state index is 12.1. The average molecular weight is 328 g/mol. The minimum absolute atomic E-state index is 0.0725. The van der Waals surface area contributed by atoms with Gasteiger partial charge in [-0.25, -0.2) is 0 Å². The van der Waals surface area contributed by atoms with Gasteiger partial charge in [0.2, 0.25) is 0 Å². The van der Waals surface area contributed by atoms with Crippen LogP contribution in [0.15, 0.2) is 42.5 Å². The van der Waals surface area contributed by atoms with Crippen molar-refractivity contribution in [3.05, 3.63) is 59.2 Å². The summed E-state index contributed by atoms with van der Waals surface area (Å²) in [6.07, 6.45) is 0. The molecule has 0 saturated heterocycles. The van der Waals surface area contributed by atoms with E-state index in [1.54, 1.807) is 6.07 Å². The van der Waals surface area contributed by atoms with E-state index in [0.29, 0.717) is 18.7 Å². The van der Waals surface area contributed by atoms with Crippen molar-refractivity contribution >= 4 is 11.6 Å². The first-order valence-corrected chi connectivity index (χ1v) is 8.10. The summed E-state index contributed by atoms with van der Waals surface area (Å²) < 4.78 is 5.63. The summed E-state index contributed by atoms with van der Waals surface area (Å²) in [7, 11) is 0. The largest absolute Gasteiger partial charge is 0.494 e. The number of nitrogens with one attached hydrogen (secondary N) is 2.